The summed E-state index contributed by atoms with van der Waals surface area (Å²) < 4.78 is 50.1. The lowest BCUT2D eigenvalue weighted by atomic mass is 10.00. The summed E-state index contributed by atoms with van der Waals surface area (Å²) in [5.74, 6) is -1.11. The summed E-state index contributed by atoms with van der Waals surface area (Å²) in [6.45, 7) is 5.61. The van der Waals surface area contributed by atoms with Crippen LogP contribution in [0.15, 0.2) is 71.8 Å². The SMILES string of the molecule is Cc1ccccc1-c1ccc2c(=O)n(-c3ccc(OC(F)(F)F)c(NC(=O)C(C)N4CCOCC4)c3)cnc2c1. The molecule has 0 saturated carbocycles. The van der Waals surface area contributed by atoms with Crippen molar-refractivity contribution < 1.29 is 27.4 Å². The second kappa shape index (κ2) is 11.1. The second-order valence-electron chi connectivity index (χ2n) is 9.51. The zero-order valence-electron chi connectivity index (χ0n) is 21.9. The highest BCUT2D eigenvalue weighted by Gasteiger charge is 2.33. The van der Waals surface area contributed by atoms with E-state index in [4.69, 9.17) is 4.74 Å². The molecule has 11 heteroatoms. The zero-order chi connectivity index (χ0) is 28.4. The first kappa shape index (κ1) is 27.4. The summed E-state index contributed by atoms with van der Waals surface area (Å²) in [7, 11) is 0. The number of aryl methyl sites for hydroxylation is 1. The fourth-order valence-corrected chi connectivity index (χ4v) is 4.72. The van der Waals surface area contributed by atoms with E-state index >= 15 is 0 Å². The molecule has 1 amide bonds. The van der Waals surface area contributed by atoms with E-state index in [1.165, 1.54) is 23.0 Å². The molecular weight excluding hydrogens is 525 g/mol. The number of rotatable bonds is 6. The normalized spacial score (nSPS) is 15.1. The minimum Gasteiger partial charge on any atom is -0.404 e. The van der Waals surface area contributed by atoms with Gasteiger partial charge in [-0.2, -0.15) is 0 Å². The molecule has 1 aliphatic heterocycles. The third kappa shape index (κ3) is 5.85. The molecule has 1 aromatic heterocycles. The Morgan fingerprint density at radius 2 is 1.82 bits per heavy atom. The van der Waals surface area contributed by atoms with Crippen LogP contribution in [-0.4, -0.2) is 59.1 Å². The number of morpholine rings is 1. The van der Waals surface area contributed by atoms with Gasteiger partial charge < -0.3 is 14.8 Å². The molecule has 2 heterocycles. The summed E-state index contributed by atoms with van der Waals surface area (Å²) >= 11 is 0. The highest BCUT2D eigenvalue weighted by atomic mass is 19.4. The van der Waals surface area contributed by atoms with E-state index in [0.717, 1.165) is 22.8 Å². The molecule has 0 bridgehead atoms. The van der Waals surface area contributed by atoms with Crippen LogP contribution in [0, 0.1) is 6.92 Å². The molecule has 0 spiro atoms. The van der Waals surface area contributed by atoms with E-state index in [1.807, 2.05) is 48.2 Å². The monoisotopic (exact) mass is 552 g/mol. The van der Waals surface area contributed by atoms with Gasteiger partial charge in [-0.05, 0) is 60.9 Å². The zero-order valence-corrected chi connectivity index (χ0v) is 21.9. The smallest absolute Gasteiger partial charge is 0.404 e. The minimum absolute atomic E-state index is 0.214. The highest BCUT2D eigenvalue weighted by Crippen LogP contribution is 2.33. The summed E-state index contributed by atoms with van der Waals surface area (Å²) in [5.41, 5.74) is 3.06. The fraction of sp³-hybridized carbons (Fsp3) is 0.276. The number of nitrogens with zero attached hydrogens (tertiary/aromatic N) is 3. The Kier molecular flexibility index (Phi) is 7.59. The molecule has 5 rings (SSSR count). The number of halogens is 3. The van der Waals surface area contributed by atoms with Crippen LogP contribution < -0.4 is 15.6 Å². The van der Waals surface area contributed by atoms with E-state index in [9.17, 15) is 22.8 Å². The third-order valence-electron chi connectivity index (χ3n) is 6.91. The number of anilines is 1. The van der Waals surface area contributed by atoms with E-state index in [2.05, 4.69) is 15.0 Å². The van der Waals surface area contributed by atoms with Crippen molar-refractivity contribution in [3.8, 4) is 22.6 Å². The summed E-state index contributed by atoms with van der Waals surface area (Å²) in [4.78, 5) is 32.7. The van der Waals surface area contributed by atoms with Crippen LogP contribution in [0.4, 0.5) is 18.9 Å². The van der Waals surface area contributed by atoms with Crippen LogP contribution in [-0.2, 0) is 9.53 Å². The molecular formula is C29H27F3N4O4. The number of aromatic nitrogens is 2. The van der Waals surface area contributed by atoms with Gasteiger partial charge in [0, 0.05) is 13.1 Å². The highest BCUT2D eigenvalue weighted by molar-refractivity contribution is 5.96. The number of hydrogen-bond acceptors (Lipinski definition) is 6. The van der Waals surface area contributed by atoms with Gasteiger partial charge >= 0.3 is 6.36 Å². The Labute approximate surface area is 228 Å². The van der Waals surface area contributed by atoms with E-state index in [0.29, 0.717) is 37.2 Å². The summed E-state index contributed by atoms with van der Waals surface area (Å²) in [6, 6.07) is 16.2. The van der Waals surface area contributed by atoms with Crippen molar-refractivity contribution in [2.45, 2.75) is 26.3 Å². The van der Waals surface area contributed by atoms with Crippen molar-refractivity contribution >= 4 is 22.5 Å². The van der Waals surface area contributed by atoms with Gasteiger partial charge in [-0.3, -0.25) is 19.1 Å². The van der Waals surface area contributed by atoms with Gasteiger partial charge in [-0.15, -0.1) is 13.2 Å². The summed E-state index contributed by atoms with van der Waals surface area (Å²) in [5, 5.41) is 2.88. The number of amides is 1. The van der Waals surface area contributed by atoms with Crippen molar-refractivity contribution in [1.29, 1.82) is 0 Å². The van der Waals surface area contributed by atoms with E-state index in [1.54, 1.807) is 13.0 Å². The van der Waals surface area contributed by atoms with Crippen LogP contribution >= 0.6 is 0 Å². The van der Waals surface area contributed by atoms with Crippen molar-refractivity contribution in [3.05, 3.63) is 82.9 Å². The lowest BCUT2D eigenvalue weighted by Crippen LogP contribution is -2.47. The second-order valence-corrected chi connectivity index (χ2v) is 9.51. The molecule has 1 atom stereocenters. The Morgan fingerprint density at radius 1 is 1.07 bits per heavy atom. The predicted molar refractivity (Wildman–Crippen MR) is 145 cm³/mol. The van der Waals surface area contributed by atoms with Gasteiger partial charge in [0.1, 0.15) is 6.33 Å². The van der Waals surface area contributed by atoms with Crippen molar-refractivity contribution in [2.75, 3.05) is 31.6 Å². The molecule has 4 aromatic rings. The van der Waals surface area contributed by atoms with Crippen molar-refractivity contribution in [2.24, 2.45) is 0 Å². The first-order valence-corrected chi connectivity index (χ1v) is 12.7. The standard InChI is InChI=1S/C29H27F3N4O4/c1-18-5-3-4-6-22(18)20-7-9-23-24(15-20)33-17-36(28(23)38)21-8-10-26(40-29(30,31)32)25(16-21)34-27(37)19(2)35-11-13-39-14-12-35/h3-10,15-17,19H,11-14H2,1-2H3,(H,34,37). The molecule has 1 unspecified atom stereocenters. The quantitative estimate of drug-likeness (QED) is 0.366. The lowest BCUT2D eigenvalue weighted by Gasteiger charge is -2.31. The van der Waals surface area contributed by atoms with E-state index < -0.39 is 29.6 Å². The van der Waals surface area contributed by atoms with Crippen LogP contribution in [0.2, 0.25) is 0 Å². The van der Waals surface area contributed by atoms with Gasteiger partial charge in [-0.1, -0.05) is 30.3 Å². The topological polar surface area (TPSA) is 85.7 Å². The van der Waals surface area contributed by atoms with Gasteiger partial charge in [0.25, 0.3) is 5.56 Å². The number of fused-ring (bicyclic) bond motifs is 1. The Bertz CT molecular complexity index is 1610. The summed E-state index contributed by atoms with van der Waals surface area (Å²) in [6.07, 6.45) is -3.67. The number of carbonyl (C=O) groups is 1. The van der Waals surface area contributed by atoms with Gasteiger partial charge in [0.05, 0.1) is 41.5 Å². The van der Waals surface area contributed by atoms with Crippen LogP contribution in [0.3, 0.4) is 0 Å². The molecule has 1 aliphatic rings. The van der Waals surface area contributed by atoms with Gasteiger partial charge in [0.2, 0.25) is 5.91 Å². The first-order valence-electron chi connectivity index (χ1n) is 12.7. The number of alkyl halides is 3. The van der Waals surface area contributed by atoms with Crippen LogP contribution in [0.25, 0.3) is 27.7 Å². The Balaban J connectivity index is 1.50. The number of hydrogen-bond donors (Lipinski definition) is 1. The number of ether oxygens (including phenoxy) is 2. The molecule has 208 valence electrons. The fourth-order valence-electron chi connectivity index (χ4n) is 4.72. The van der Waals surface area contributed by atoms with Crippen molar-refractivity contribution in [1.82, 2.24) is 14.5 Å². The van der Waals surface area contributed by atoms with Gasteiger partial charge in [0.15, 0.2) is 5.75 Å². The number of nitrogens with one attached hydrogen (secondary N) is 1. The molecule has 0 aliphatic carbocycles. The molecule has 1 N–H and O–H groups in total. The minimum atomic E-state index is -4.98. The molecule has 0 radical (unpaired) electrons. The molecule has 8 nitrogen and oxygen atoms in total. The number of carbonyl (C=O) groups excluding carboxylic acids is 1. The maximum atomic E-state index is 13.4. The molecule has 1 saturated heterocycles. The van der Waals surface area contributed by atoms with Crippen LogP contribution in [0.5, 0.6) is 5.75 Å². The van der Waals surface area contributed by atoms with Gasteiger partial charge in [-0.25, -0.2) is 4.98 Å². The van der Waals surface area contributed by atoms with E-state index in [-0.39, 0.29) is 11.4 Å². The lowest BCUT2D eigenvalue weighted by molar-refractivity contribution is -0.274. The largest absolute Gasteiger partial charge is 0.573 e. The predicted octanol–water partition coefficient (Wildman–Crippen LogP) is 4.92. The Hall–Kier alpha value is -4.22. The number of benzene rings is 3. The first-order chi connectivity index (χ1) is 19.1. The average molecular weight is 553 g/mol. The molecule has 40 heavy (non-hydrogen) atoms. The van der Waals surface area contributed by atoms with Crippen molar-refractivity contribution in [3.63, 3.8) is 0 Å². The Morgan fingerprint density at radius 3 is 2.55 bits per heavy atom. The van der Waals surface area contributed by atoms with Crippen LogP contribution in [0.1, 0.15) is 12.5 Å². The maximum Gasteiger partial charge on any atom is 0.573 e. The molecule has 1 fully saturated rings. The average Bonchev–Trinajstić information content (AvgIpc) is 2.93. The maximum absolute atomic E-state index is 13.4. The molecule has 3 aromatic carbocycles. The third-order valence-corrected chi connectivity index (χ3v) is 6.91.